The number of carbonyl (C=O) groups excluding carboxylic acids is 2. The molecule has 0 radical (unpaired) electrons. The minimum atomic E-state index is -0.813. The molecule has 2 aromatic rings. The third kappa shape index (κ3) is 5.81. The fraction of sp³-hybridized carbons (Fsp3) is 0.125. The van der Waals surface area contributed by atoms with Gasteiger partial charge in [0, 0.05) is 22.7 Å². The number of benzene rings is 2. The first-order chi connectivity index (χ1) is 12.3. The third-order valence-electron chi connectivity index (χ3n) is 2.95. The molecule has 10 heteroatoms. The van der Waals surface area contributed by atoms with Gasteiger partial charge < -0.3 is 14.8 Å². The highest BCUT2D eigenvalue weighted by atomic mass is 79.9. The fourth-order valence-electron chi connectivity index (χ4n) is 1.79. The van der Waals surface area contributed by atoms with Crippen LogP contribution in [0.2, 0.25) is 0 Å². The summed E-state index contributed by atoms with van der Waals surface area (Å²) < 4.78 is 23.0. The zero-order valence-corrected chi connectivity index (χ0v) is 14.7. The number of hydrogen-bond acceptors (Lipinski definition) is 6. The molecule has 0 spiro atoms. The molecule has 1 amide bonds. The van der Waals surface area contributed by atoms with E-state index in [2.05, 4.69) is 21.2 Å². The van der Waals surface area contributed by atoms with Crippen molar-refractivity contribution in [2.24, 2.45) is 0 Å². The van der Waals surface area contributed by atoms with Crippen LogP contribution in [0.25, 0.3) is 0 Å². The van der Waals surface area contributed by atoms with Crippen molar-refractivity contribution in [1.29, 1.82) is 0 Å². The quantitative estimate of drug-likeness (QED) is 0.414. The number of nitro benzene ring substituents is 1. The van der Waals surface area contributed by atoms with Crippen LogP contribution in [0.15, 0.2) is 46.9 Å². The lowest BCUT2D eigenvalue weighted by Gasteiger charge is -2.09. The number of carbonyl (C=O) groups is 2. The van der Waals surface area contributed by atoms with Crippen molar-refractivity contribution < 1.29 is 28.4 Å². The van der Waals surface area contributed by atoms with Crippen LogP contribution in [0.5, 0.6) is 5.75 Å². The van der Waals surface area contributed by atoms with Crippen LogP contribution < -0.4 is 10.1 Å². The van der Waals surface area contributed by atoms with Gasteiger partial charge in [0.15, 0.2) is 13.2 Å². The van der Waals surface area contributed by atoms with E-state index in [0.29, 0.717) is 4.47 Å². The Morgan fingerprint density at radius 2 is 1.96 bits per heavy atom. The molecule has 0 aliphatic heterocycles. The molecule has 26 heavy (non-hydrogen) atoms. The van der Waals surface area contributed by atoms with Gasteiger partial charge in [-0.25, -0.2) is 9.18 Å². The third-order valence-corrected chi connectivity index (χ3v) is 3.61. The summed E-state index contributed by atoms with van der Waals surface area (Å²) >= 11 is 3.10. The van der Waals surface area contributed by atoms with Gasteiger partial charge >= 0.3 is 5.97 Å². The maximum absolute atomic E-state index is 13.0. The van der Waals surface area contributed by atoms with Gasteiger partial charge in [-0.05, 0) is 34.1 Å². The topological polar surface area (TPSA) is 108 Å². The molecule has 0 bridgehead atoms. The predicted octanol–water partition coefficient (Wildman–Crippen LogP) is 3.06. The molecular formula is C16H12BrFN2O6. The van der Waals surface area contributed by atoms with E-state index in [1.165, 1.54) is 36.4 Å². The molecule has 0 heterocycles. The maximum Gasteiger partial charge on any atom is 0.344 e. The minimum absolute atomic E-state index is 0.143. The number of anilines is 1. The molecular weight excluding hydrogens is 415 g/mol. The lowest BCUT2D eigenvalue weighted by atomic mass is 10.3. The van der Waals surface area contributed by atoms with E-state index >= 15 is 0 Å². The summed E-state index contributed by atoms with van der Waals surface area (Å²) in [5.41, 5.74) is 0.142. The molecule has 1 N–H and O–H groups in total. The molecule has 2 rings (SSSR count). The van der Waals surface area contributed by atoms with E-state index in [-0.39, 0.29) is 17.1 Å². The molecule has 0 saturated heterocycles. The fourth-order valence-corrected chi connectivity index (χ4v) is 2.26. The Morgan fingerprint density at radius 3 is 2.62 bits per heavy atom. The average Bonchev–Trinajstić information content (AvgIpc) is 2.60. The molecule has 0 aliphatic carbocycles. The molecule has 0 unspecified atom stereocenters. The van der Waals surface area contributed by atoms with E-state index in [0.717, 1.165) is 6.07 Å². The molecule has 0 saturated carbocycles. The van der Waals surface area contributed by atoms with E-state index in [4.69, 9.17) is 9.47 Å². The van der Waals surface area contributed by atoms with Crippen molar-refractivity contribution in [1.82, 2.24) is 0 Å². The van der Waals surface area contributed by atoms with Crippen molar-refractivity contribution in [3.8, 4) is 5.75 Å². The average molecular weight is 427 g/mol. The maximum atomic E-state index is 13.0. The molecule has 0 atom stereocenters. The van der Waals surface area contributed by atoms with Gasteiger partial charge in [-0.1, -0.05) is 6.07 Å². The van der Waals surface area contributed by atoms with Crippen molar-refractivity contribution in [3.63, 3.8) is 0 Å². The highest BCUT2D eigenvalue weighted by Gasteiger charge is 2.13. The Kier molecular flexibility index (Phi) is 6.61. The molecule has 0 aromatic heterocycles. The van der Waals surface area contributed by atoms with Crippen LogP contribution in [-0.4, -0.2) is 30.0 Å². The summed E-state index contributed by atoms with van der Waals surface area (Å²) in [6, 6.07) is 9.02. The Bertz CT molecular complexity index is 845. The van der Waals surface area contributed by atoms with E-state index < -0.39 is 35.8 Å². The van der Waals surface area contributed by atoms with Crippen LogP contribution in [0.3, 0.4) is 0 Å². The predicted molar refractivity (Wildman–Crippen MR) is 92.3 cm³/mol. The Hall–Kier alpha value is -3.01. The summed E-state index contributed by atoms with van der Waals surface area (Å²) in [6.45, 7) is -1.06. The number of amides is 1. The van der Waals surface area contributed by atoms with Crippen LogP contribution in [0.4, 0.5) is 15.8 Å². The van der Waals surface area contributed by atoms with Crippen molar-refractivity contribution in [2.45, 2.75) is 0 Å². The van der Waals surface area contributed by atoms with Gasteiger partial charge in [-0.3, -0.25) is 14.9 Å². The van der Waals surface area contributed by atoms with E-state index in [9.17, 15) is 24.1 Å². The summed E-state index contributed by atoms with van der Waals surface area (Å²) in [4.78, 5) is 33.4. The van der Waals surface area contributed by atoms with E-state index in [1.54, 1.807) is 0 Å². The van der Waals surface area contributed by atoms with Crippen LogP contribution in [0.1, 0.15) is 0 Å². The SMILES string of the molecule is O=C(COC(=O)COc1cccc(F)c1)Nc1ccc([N+](=O)[O-])cc1Br. The second-order valence-corrected chi connectivity index (χ2v) is 5.73. The van der Waals surface area contributed by atoms with Gasteiger partial charge in [0.25, 0.3) is 11.6 Å². The van der Waals surface area contributed by atoms with Gasteiger partial charge in [0.2, 0.25) is 0 Å². The number of nitro groups is 1. The van der Waals surface area contributed by atoms with Crippen LogP contribution in [-0.2, 0) is 14.3 Å². The Balaban J connectivity index is 1.79. The summed E-state index contributed by atoms with van der Waals surface area (Å²) in [6.07, 6.45) is 0. The molecule has 8 nitrogen and oxygen atoms in total. The monoisotopic (exact) mass is 426 g/mol. The smallest absolute Gasteiger partial charge is 0.344 e. The second kappa shape index (κ2) is 8.90. The van der Waals surface area contributed by atoms with Crippen LogP contribution >= 0.6 is 15.9 Å². The zero-order valence-electron chi connectivity index (χ0n) is 13.1. The number of esters is 1. The highest BCUT2D eigenvalue weighted by Crippen LogP contribution is 2.27. The first kappa shape index (κ1) is 19.3. The number of halogens is 2. The molecule has 2 aromatic carbocycles. The summed E-state index contributed by atoms with van der Waals surface area (Å²) in [7, 11) is 0. The largest absolute Gasteiger partial charge is 0.482 e. The zero-order chi connectivity index (χ0) is 19.1. The number of rotatable bonds is 7. The van der Waals surface area contributed by atoms with Gasteiger partial charge in [0.1, 0.15) is 11.6 Å². The van der Waals surface area contributed by atoms with Crippen LogP contribution in [0, 0.1) is 15.9 Å². The number of nitrogens with one attached hydrogen (secondary N) is 1. The van der Waals surface area contributed by atoms with Crippen molar-refractivity contribution in [3.05, 3.63) is 62.9 Å². The molecule has 0 aliphatic rings. The number of nitrogens with zero attached hydrogens (tertiary/aromatic N) is 1. The summed E-state index contributed by atoms with van der Waals surface area (Å²) in [5, 5.41) is 13.1. The minimum Gasteiger partial charge on any atom is -0.482 e. The Labute approximate surface area is 155 Å². The standard InChI is InChI=1S/C16H12BrFN2O6/c17-13-7-11(20(23)24)4-5-14(13)19-15(21)8-26-16(22)9-25-12-3-1-2-10(18)6-12/h1-7H,8-9H2,(H,19,21). The lowest BCUT2D eigenvalue weighted by Crippen LogP contribution is -2.23. The van der Waals surface area contributed by atoms with E-state index in [1.807, 2.05) is 0 Å². The van der Waals surface area contributed by atoms with Crippen molar-refractivity contribution >= 4 is 39.2 Å². The normalized spacial score (nSPS) is 10.1. The summed E-state index contributed by atoms with van der Waals surface area (Å²) in [5.74, 6) is -1.81. The lowest BCUT2D eigenvalue weighted by molar-refractivity contribution is -0.384. The number of non-ortho nitro benzene ring substituents is 1. The first-order valence-electron chi connectivity index (χ1n) is 7.13. The highest BCUT2D eigenvalue weighted by molar-refractivity contribution is 9.10. The number of hydrogen-bond donors (Lipinski definition) is 1. The van der Waals surface area contributed by atoms with Crippen molar-refractivity contribution in [2.75, 3.05) is 18.5 Å². The number of ether oxygens (including phenoxy) is 2. The molecule has 0 fully saturated rings. The van der Waals surface area contributed by atoms with Gasteiger partial charge in [-0.2, -0.15) is 0 Å². The van der Waals surface area contributed by atoms with Gasteiger partial charge in [0.05, 0.1) is 10.6 Å². The Morgan fingerprint density at radius 1 is 1.19 bits per heavy atom. The second-order valence-electron chi connectivity index (χ2n) is 4.88. The van der Waals surface area contributed by atoms with Gasteiger partial charge in [-0.15, -0.1) is 0 Å². The first-order valence-corrected chi connectivity index (χ1v) is 7.92. The molecule has 136 valence electrons.